The van der Waals surface area contributed by atoms with Crippen molar-refractivity contribution in [3.05, 3.63) is 26.8 Å². The molecule has 0 bridgehead atoms. The lowest BCUT2D eigenvalue weighted by atomic mass is 10.3. The quantitative estimate of drug-likeness (QED) is 0.789. The number of carbonyl (C=O) groups excluding carboxylic acids is 1. The Labute approximate surface area is 119 Å². The van der Waals surface area contributed by atoms with Gasteiger partial charge in [0.2, 0.25) is 5.91 Å². The van der Waals surface area contributed by atoms with Crippen molar-refractivity contribution in [2.24, 2.45) is 5.92 Å². The highest BCUT2D eigenvalue weighted by Gasteiger charge is 2.21. The molecule has 92 valence electrons. The third-order valence-corrected chi connectivity index (χ3v) is 3.65. The molecule has 17 heavy (non-hydrogen) atoms. The van der Waals surface area contributed by atoms with Crippen LogP contribution in [0.1, 0.15) is 12.8 Å². The molecule has 1 saturated carbocycles. The van der Waals surface area contributed by atoms with Gasteiger partial charge in [-0.1, -0.05) is 11.6 Å². The summed E-state index contributed by atoms with van der Waals surface area (Å²) in [5.41, 5.74) is 0.806. The van der Waals surface area contributed by atoms with Gasteiger partial charge < -0.3 is 10.6 Å². The molecule has 1 aromatic rings. The molecule has 0 heterocycles. The van der Waals surface area contributed by atoms with E-state index in [2.05, 4.69) is 33.2 Å². The van der Waals surface area contributed by atoms with Crippen LogP contribution in [0.25, 0.3) is 0 Å². The van der Waals surface area contributed by atoms with Crippen molar-refractivity contribution in [2.45, 2.75) is 12.8 Å². The van der Waals surface area contributed by atoms with E-state index >= 15 is 0 Å². The van der Waals surface area contributed by atoms with Crippen molar-refractivity contribution in [2.75, 3.05) is 18.4 Å². The molecule has 1 aliphatic rings. The number of halogens is 2. The first-order valence-electron chi connectivity index (χ1n) is 5.61. The monoisotopic (exact) mass is 364 g/mol. The van der Waals surface area contributed by atoms with Crippen LogP contribution in [0.5, 0.6) is 0 Å². The Bertz CT molecular complexity index is 421. The van der Waals surface area contributed by atoms with Crippen molar-refractivity contribution in [1.29, 1.82) is 0 Å². The van der Waals surface area contributed by atoms with Gasteiger partial charge in [0.25, 0.3) is 0 Å². The number of hydrogen-bond acceptors (Lipinski definition) is 2. The molecule has 3 nitrogen and oxygen atoms in total. The van der Waals surface area contributed by atoms with E-state index in [9.17, 15) is 4.79 Å². The maximum atomic E-state index is 11.5. The Morgan fingerprint density at radius 2 is 2.24 bits per heavy atom. The fourth-order valence-electron chi connectivity index (χ4n) is 1.45. The molecule has 0 unspecified atom stereocenters. The Morgan fingerprint density at radius 3 is 2.94 bits per heavy atom. The Hall–Kier alpha value is -0.490. The lowest BCUT2D eigenvalue weighted by Gasteiger charge is -2.09. The van der Waals surface area contributed by atoms with Crippen LogP contribution in [0.15, 0.2) is 18.2 Å². The van der Waals surface area contributed by atoms with Crippen LogP contribution < -0.4 is 10.6 Å². The van der Waals surface area contributed by atoms with Crippen molar-refractivity contribution in [1.82, 2.24) is 5.32 Å². The largest absolute Gasteiger partial charge is 0.375 e. The average molecular weight is 365 g/mol. The summed E-state index contributed by atoms with van der Waals surface area (Å²) in [5, 5.41) is 6.59. The van der Waals surface area contributed by atoms with E-state index in [-0.39, 0.29) is 12.5 Å². The maximum Gasteiger partial charge on any atom is 0.239 e. The molecule has 0 aliphatic heterocycles. The number of carbonyl (C=O) groups is 1. The van der Waals surface area contributed by atoms with Crippen LogP contribution in [0.2, 0.25) is 5.02 Å². The average Bonchev–Trinajstić information content (AvgIpc) is 3.11. The summed E-state index contributed by atoms with van der Waals surface area (Å²) in [6.07, 6.45) is 2.49. The molecule has 1 fully saturated rings. The fourth-order valence-corrected chi connectivity index (χ4v) is 2.13. The predicted octanol–water partition coefficient (Wildman–Crippen LogP) is 2.88. The lowest BCUT2D eigenvalue weighted by Crippen LogP contribution is -2.31. The summed E-state index contributed by atoms with van der Waals surface area (Å²) in [5.74, 6) is 0.729. The molecule has 1 amide bonds. The minimum absolute atomic E-state index is 0.0202. The van der Waals surface area contributed by atoms with Gasteiger partial charge >= 0.3 is 0 Å². The molecular weight excluding hydrogens is 351 g/mol. The van der Waals surface area contributed by atoms with Gasteiger partial charge in [-0.25, -0.2) is 0 Å². The second-order valence-electron chi connectivity index (χ2n) is 4.23. The highest BCUT2D eigenvalue weighted by atomic mass is 127. The molecule has 0 saturated heterocycles. The van der Waals surface area contributed by atoms with Crippen molar-refractivity contribution < 1.29 is 4.79 Å². The molecule has 1 aromatic carbocycles. The standard InChI is InChI=1S/C12H14ClIN2O/c13-10-4-3-9(14)5-11(10)15-7-12(17)16-6-8-1-2-8/h3-5,8,15H,1-2,6-7H2,(H,16,17). The van der Waals surface area contributed by atoms with Crippen LogP contribution in [-0.4, -0.2) is 19.0 Å². The number of amides is 1. The molecule has 0 spiro atoms. The van der Waals surface area contributed by atoms with Crippen molar-refractivity contribution in [3.63, 3.8) is 0 Å². The highest BCUT2D eigenvalue weighted by Crippen LogP contribution is 2.27. The third kappa shape index (κ3) is 4.35. The second kappa shape index (κ2) is 5.91. The highest BCUT2D eigenvalue weighted by molar-refractivity contribution is 14.1. The van der Waals surface area contributed by atoms with E-state index in [1.54, 1.807) is 0 Å². The van der Waals surface area contributed by atoms with Gasteiger partial charge in [-0.3, -0.25) is 4.79 Å². The van der Waals surface area contributed by atoms with E-state index in [0.29, 0.717) is 10.9 Å². The van der Waals surface area contributed by atoms with Gasteiger partial charge in [-0.05, 0) is 59.5 Å². The molecule has 2 rings (SSSR count). The Morgan fingerprint density at radius 1 is 1.47 bits per heavy atom. The van der Waals surface area contributed by atoms with E-state index in [1.165, 1.54) is 12.8 Å². The minimum atomic E-state index is 0.0202. The summed E-state index contributed by atoms with van der Waals surface area (Å²) in [4.78, 5) is 11.5. The number of rotatable bonds is 5. The molecule has 5 heteroatoms. The summed E-state index contributed by atoms with van der Waals surface area (Å²) >= 11 is 8.23. The SMILES string of the molecule is O=C(CNc1cc(I)ccc1Cl)NCC1CC1. The van der Waals surface area contributed by atoms with E-state index in [4.69, 9.17) is 11.6 Å². The minimum Gasteiger partial charge on any atom is -0.375 e. The second-order valence-corrected chi connectivity index (χ2v) is 5.88. The summed E-state index contributed by atoms with van der Waals surface area (Å²) in [6, 6.07) is 5.69. The zero-order chi connectivity index (χ0) is 12.3. The van der Waals surface area contributed by atoms with Gasteiger partial charge in [0.15, 0.2) is 0 Å². The van der Waals surface area contributed by atoms with Gasteiger partial charge in [-0.15, -0.1) is 0 Å². The summed E-state index contributed by atoms with van der Waals surface area (Å²) < 4.78 is 1.09. The Balaban J connectivity index is 1.79. The number of anilines is 1. The lowest BCUT2D eigenvalue weighted by molar-refractivity contribution is -0.119. The van der Waals surface area contributed by atoms with E-state index in [0.717, 1.165) is 15.8 Å². The van der Waals surface area contributed by atoms with Gasteiger partial charge in [-0.2, -0.15) is 0 Å². The van der Waals surface area contributed by atoms with Crippen LogP contribution in [0.4, 0.5) is 5.69 Å². The molecule has 1 aliphatic carbocycles. The summed E-state index contributed by atoms with van der Waals surface area (Å²) in [7, 11) is 0. The van der Waals surface area contributed by atoms with Crippen molar-refractivity contribution in [3.8, 4) is 0 Å². The smallest absolute Gasteiger partial charge is 0.239 e. The molecule has 0 aromatic heterocycles. The van der Waals surface area contributed by atoms with Crippen LogP contribution in [-0.2, 0) is 4.79 Å². The molecule has 0 atom stereocenters. The zero-order valence-corrected chi connectivity index (χ0v) is 12.2. The van der Waals surface area contributed by atoms with Crippen LogP contribution in [0, 0.1) is 9.49 Å². The topological polar surface area (TPSA) is 41.1 Å². The van der Waals surface area contributed by atoms with E-state index in [1.807, 2.05) is 18.2 Å². The van der Waals surface area contributed by atoms with Gasteiger partial charge in [0, 0.05) is 10.1 Å². The number of benzene rings is 1. The normalized spacial score (nSPS) is 14.5. The van der Waals surface area contributed by atoms with Gasteiger partial charge in [0.05, 0.1) is 17.3 Å². The number of hydrogen-bond donors (Lipinski definition) is 2. The Kier molecular flexibility index (Phi) is 4.50. The first kappa shape index (κ1) is 13.0. The molecular formula is C12H14ClIN2O. The molecule has 0 radical (unpaired) electrons. The zero-order valence-electron chi connectivity index (χ0n) is 9.30. The van der Waals surface area contributed by atoms with Crippen LogP contribution in [0.3, 0.4) is 0 Å². The summed E-state index contributed by atoms with van der Waals surface area (Å²) in [6.45, 7) is 1.08. The third-order valence-electron chi connectivity index (χ3n) is 2.65. The molecule has 2 N–H and O–H groups in total. The van der Waals surface area contributed by atoms with Crippen molar-refractivity contribution >= 4 is 45.8 Å². The van der Waals surface area contributed by atoms with Gasteiger partial charge in [0.1, 0.15) is 0 Å². The number of nitrogens with one attached hydrogen (secondary N) is 2. The maximum absolute atomic E-state index is 11.5. The fraction of sp³-hybridized carbons (Fsp3) is 0.417. The van der Waals surface area contributed by atoms with E-state index < -0.39 is 0 Å². The predicted molar refractivity (Wildman–Crippen MR) is 78.4 cm³/mol. The van der Waals surface area contributed by atoms with Crippen LogP contribution >= 0.6 is 34.2 Å². The first-order chi connectivity index (χ1) is 8.15. The first-order valence-corrected chi connectivity index (χ1v) is 7.06.